The van der Waals surface area contributed by atoms with E-state index in [4.69, 9.17) is 9.97 Å². The molecular weight excluding hydrogens is 737 g/mol. The molecule has 8 nitrogen and oxygen atoms in total. The van der Waals surface area contributed by atoms with Crippen LogP contribution in [-0.4, -0.2) is 48.9 Å². The first-order valence-corrected chi connectivity index (χ1v) is 20.4. The van der Waals surface area contributed by atoms with Crippen molar-refractivity contribution in [2.45, 2.75) is 41.0 Å². The molecule has 8 rings (SSSR count). The molecule has 7 aromatic rings. The predicted molar refractivity (Wildman–Crippen MR) is 249 cm³/mol. The summed E-state index contributed by atoms with van der Waals surface area (Å²) in [5.41, 5.74) is 15.3. The van der Waals surface area contributed by atoms with Crippen molar-refractivity contribution in [3.8, 4) is 67.3 Å². The Labute approximate surface area is 353 Å². The first kappa shape index (κ1) is 40.9. The van der Waals surface area contributed by atoms with Gasteiger partial charge in [-0.25, -0.2) is 29.9 Å². The number of aromatic nitrogens is 6. The standard InChI is InChI=1S/C50H42N8.C2H6/c1-5-35(25-51-6-2)36-11-8-16-41(21-36)48-47(40-15-7-12-37(20-40)44-26-53-31-54-27-44)49(42-17-9-13-38(22-42)45-28-55-32-56-29-45)58-50(57-48)43-18-10-14-39(23-43)46-30-52-24-33(3)19-34(46)4;1-2/h5,7-18,20-32,34H,3,6,19H2,1-2,4H3;1-2H3/b35-5+,51-25?;. The van der Waals surface area contributed by atoms with Gasteiger partial charge in [-0.2, -0.15) is 0 Å². The molecule has 0 saturated heterocycles. The lowest BCUT2D eigenvalue weighted by Crippen LogP contribution is -2.03. The Morgan fingerprint density at radius 3 is 1.80 bits per heavy atom. The molecule has 0 aliphatic carbocycles. The van der Waals surface area contributed by atoms with Crippen molar-refractivity contribution >= 4 is 23.6 Å². The van der Waals surface area contributed by atoms with Crippen LogP contribution in [0.15, 0.2) is 169 Å². The second kappa shape index (κ2) is 19.4. The second-order valence-electron chi connectivity index (χ2n) is 14.2. The third kappa shape index (κ3) is 9.19. The van der Waals surface area contributed by atoms with Crippen molar-refractivity contribution in [2.24, 2.45) is 15.9 Å². The van der Waals surface area contributed by atoms with Crippen molar-refractivity contribution < 1.29 is 0 Å². The van der Waals surface area contributed by atoms with E-state index in [9.17, 15) is 0 Å². The van der Waals surface area contributed by atoms with E-state index in [1.807, 2.05) is 71.1 Å². The summed E-state index contributed by atoms with van der Waals surface area (Å²) in [7, 11) is 0. The van der Waals surface area contributed by atoms with Gasteiger partial charge in [-0.1, -0.05) is 106 Å². The topological polar surface area (TPSA) is 102 Å². The van der Waals surface area contributed by atoms with Crippen molar-refractivity contribution in [1.82, 2.24) is 29.9 Å². The summed E-state index contributed by atoms with van der Waals surface area (Å²) < 4.78 is 0. The summed E-state index contributed by atoms with van der Waals surface area (Å²) in [5, 5.41) is 0. The molecule has 4 heterocycles. The zero-order chi connectivity index (χ0) is 41.8. The molecule has 0 N–H and O–H groups in total. The average Bonchev–Trinajstić information content (AvgIpc) is 3.49. The lowest BCUT2D eigenvalue weighted by molar-refractivity contribution is 0.758. The first-order chi connectivity index (χ1) is 29.5. The van der Waals surface area contributed by atoms with Gasteiger partial charge in [0.15, 0.2) is 5.82 Å². The molecule has 0 fully saturated rings. The number of hydrogen-bond acceptors (Lipinski definition) is 8. The van der Waals surface area contributed by atoms with E-state index in [1.165, 1.54) is 0 Å². The van der Waals surface area contributed by atoms with Crippen LogP contribution in [0.25, 0.3) is 78.4 Å². The Balaban J connectivity index is 0.00000268. The zero-order valence-corrected chi connectivity index (χ0v) is 34.8. The molecule has 0 amide bonds. The van der Waals surface area contributed by atoms with Gasteiger partial charge in [-0.05, 0) is 95.0 Å². The van der Waals surface area contributed by atoms with E-state index in [0.717, 1.165) is 95.7 Å². The highest BCUT2D eigenvalue weighted by Crippen LogP contribution is 2.42. The quantitative estimate of drug-likeness (QED) is 0.128. The monoisotopic (exact) mass is 784 g/mol. The van der Waals surface area contributed by atoms with Gasteiger partial charge >= 0.3 is 0 Å². The largest absolute Gasteiger partial charge is 0.293 e. The van der Waals surface area contributed by atoms with Crippen LogP contribution in [0.4, 0.5) is 0 Å². The van der Waals surface area contributed by atoms with Crippen LogP contribution in [0.2, 0.25) is 0 Å². The first-order valence-electron chi connectivity index (χ1n) is 20.4. The Kier molecular flexibility index (Phi) is 13.2. The number of nitrogens with zero attached hydrogens (tertiary/aromatic N) is 8. The van der Waals surface area contributed by atoms with Gasteiger partial charge in [0.05, 0.1) is 11.4 Å². The molecule has 60 heavy (non-hydrogen) atoms. The molecular formula is C52H48N8. The van der Waals surface area contributed by atoms with Crippen molar-refractivity contribution in [2.75, 3.05) is 6.54 Å². The molecule has 0 saturated carbocycles. The fourth-order valence-corrected chi connectivity index (χ4v) is 7.33. The third-order valence-electron chi connectivity index (χ3n) is 10.2. The smallest absolute Gasteiger partial charge is 0.160 e. The summed E-state index contributed by atoms with van der Waals surface area (Å²) >= 11 is 0. The molecule has 0 bridgehead atoms. The van der Waals surface area contributed by atoms with Gasteiger partial charge in [0.25, 0.3) is 0 Å². The molecule has 0 radical (unpaired) electrons. The Bertz CT molecular complexity index is 2730. The number of rotatable bonds is 10. The Hall–Kier alpha value is -7.32. The normalized spacial score (nSPS) is 14.0. The highest BCUT2D eigenvalue weighted by molar-refractivity contribution is 6.10. The zero-order valence-electron chi connectivity index (χ0n) is 34.8. The number of allylic oxidation sites excluding steroid dienone is 4. The maximum atomic E-state index is 5.51. The van der Waals surface area contributed by atoms with Gasteiger partial charge in [-0.3, -0.25) is 9.98 Å². The fraction of sp³-hybridized carbons (Fsp3) is 0.154. The molecule has 1 unspecified atom stereocenters. The van der Waals surface area contributed by atoms with Gasteiger partial charge in [-0.15, -0.1) is 0 Å². The molecule has 3 aromatic heterocycles. The number of hydrogen-bond donors (Lipinski definition) is 0. The average molecular weight is 785 g/mol. The van der Waals surface area contributed by atoms with E-state index in [2.05, 4.69) is 147 Å². The Morgan fingerprint density at radius 1 is 0.667 bits per heavy atom. The summed E-state index contributed by atoms with van der Waals surface area (Å²) in [6.07, 6.45) is 19.1. The van der Waals surface area contributed by atoms with E-state index >= 15 is 0 Å². The van der Waals surface area contributed by atoms with Crippen LogP contribution in [-0.2, 0) is 0 Å². The van der Waals surface area contributed by atoms with Crippen LogP contribution in [0.3, 0.4) is 0 Å². The summed E-state index contributed by atoms with van der Waals surface area (Å²) in [5.74, 6) is 0.849. The van der Waals surface area contributed by atoms with Crippen LogP contribution >= 0.6 is 0 Å². The van der Waals surface area contributed by atoms with Gasteiger partial charge in [0.1, 0.15) is 12.7 Å². The summed E-state index contributed by atoms with van der Waals surface area (Å²) in [6, 6.07) is 33.8. The minimum atomic E-state index is 0.242. The van der Waals surface area contributed by atoms with E-state index in [-0.39, 0.29) is 5.92 Å². The molecule has 8 heteroatoms. The SMILES string of the molecule is C=C1C=NC=C(c2cccc(-c3nc(-c4cccc(/C(C=NCC)=C/C)c4)c(-c4cccc(-c5cncnc5)c4)c(-c4cccc(-c5cncnc5)c4)n3)c2)C(C)C1.CC. The summed E-state index contributed by atoms with van der Waals surface area (Å²) in [6.45, 7) is 15.2. The molecule has 1 atom stereocenters. The molecule has 0 spiro atoms. The van der Waals surface area contributed by atoms with Gasteiger partial charge in [0.2, 0.25) is 0 Å². The third-order valence-corrected chi connectivity index (χ3v) is 10.2. The van der Waals surface area contributed by atoms with E-state index in [1.54, 1.807) is 12.7 Å². The molecule has 4 aromatic carbocycles. The highest BCUT2D eigenvalue weighted by atomic mass is 14.9. The van der Waals surface area contributed by atoms with Crippen LogP contribution < -0.4 is 0 Å². The van der Waals surface area contributed by atoms with Crippen molar-refractivity contribution in [3.05, 3.63) is 170 Å². The predicted octanol–water partition coefficient (Wildman–Crippen LogP) is 12.6. The summed E-state index contributed by atoms with van der Waals surface area (Å²) in [4.78, 5) is 37.4. The lowest BCUT2D eigenvalue weighted by atomic mass is 9.89. The highest BCUT2D eigenvalue weighted by Gasteiger charge is 2.23. The molecule has 1 aliphatic rings. The van der Waals surface area contributed by atoms with E-state index in [0.29, 0.717) is 12.4 Å². The maximum absolute atomic E-state index is 5.51. The number of benzene rings is 4. The van der Waals surface area contributed by atoms with Crippen molar-refractivity contribution in [1.29, 1.82) is 0 Å². The van der Waals surface area contributed by atoms with Crippen LogP contribution in [0.1, 0.15) is 52.2 Å². The fourth-order valence-electron chi connectivity index (χ4n) is 7.33. The van der Waals surface area contributed by atoms with Crippen LogP contribution in [0, 0.1) is 5.92 Å². The minimum Gasteiger partial charge on any atom is -0.293 e. The van der Waals surface area contributed by atoms with Gasteiger partial charge < -0.3 is 0 Å². The van der Waals surface area contributed by atoms with Crippen molar-refractivity contribution in [3.63, 3.8) is 0 Å². The Morgan fingerprint density at radius 2 is 1.18 bits per heavy atom. The second-order valence-corrected chi connectivity index (χ2v) is 14.2. The van der Waals surface area contributed by atoms with Crippen LogP contribution in [0.5, 0.6) is 0 Å². The van der Waals surface area contributed by atoms with E-state index < -0.39 is 0 Å². The number of aliphatic imine (C=N–C) groups is 2. The molecule has 1 aliphatic heterocycles. The molecule has 296 valence electrons. The minimum absolute atomic E-state index is 0.242. The van der Waals surface area contributed by atoms with Gasteiger partial charge in [0, 0.05) is 83.3 Å². The maximum Gasteiger partial charge on any atom is 0.160 e. The lowest BCUT2D eigenvalue weighted by Gasteiger charge is -2.19.